The molecular formula is C20H24N4O2. The highest BCUT2D eigenvalue weighted by Gasteiger charge is 2.19. The molecule has 1 aliphatic rings. The number of hydrogen-bond donors (Lipinski definition) is 1. The number of nitrogens with zero attached hydrogens (tertiary/aromatic N) is 3. The van der Waals surface area contributed by atoms with Crippen LogP contribution in [0.4, 0.5) is 5.69 Å². The highest BCUT2D eigenvalue weighted by atomic mass is 16.2. The second kappa shape index (κ2) is 8.47. The summed E-state index contributed by atoms with van der Waals surface area (Å²) in [5, 5.41) is 2.95. The van der Waals surface area contributed by atoms with Crippen LogP contribution in [0.3, 0.4) is 0 Å². The first-order chi connectivity index (χ1) is 12.6. The number of carbonyl (C=O) groups is 2. The summed E-state index contributed by atoms with van der Waals surface area (Å²) in [6, 6.07) is 11.9. The third-order valence-electron chi connectivity index (χ3n) is 4.62. The number of rotatable bonds is 5. The molecule has 1 fully saturated rings. The van der Waals surface area contributed by atoms with Gasteiger partial charge in [-0.2, -0.15) is 0 Å². The van der Waals surface area contributed by atoms with Gasteiger partial charge in [0.1, 0.15) is 0 Å². The first kappa shape index (κ1) is 17.9. The zero-order valence-corrected chi connectivity index (χ0v) is 15.0. The van der Waals surface area contributed by atoms with Crippen LogP contribution in [-0.2, 0) is 11.2 Å². The lowest BCUT2D eigenvalue weighted by molar-refractivity contribution is -0.129. The quantitative estimate of drug-likeness (QED) is 0.890. The van der Waals surface area contributed by atoms with Gasteiger partial charge in [-0.25, -0.2) is 0 Å². The predicted octanol–water partition coefficient (Wildman–Crippen LogP) is 1.72. The van der Waals surface area contributed by atoms with Crippen LogP contribution in [0, 0.1) is 0 Å². The van der Waals surface area contributed by atoms with Crippen LogP contribution < -0.4 is 10.2 Å². The van der Waals surface area contributed by atoms with Crippen molar-refractivity contribution in [2.75, 3.05) is 37.6 Å². The highest BCUT2D eigenvalue weighted by molar-refractivity contribution is 5.94. The average molecular weight is 352 g/mol. The van der Waals surface area contributed by atoms with Crippen LogP contribution in [0.5, 0.6) is 0 Å². The van der Waals surface area contributed by atoms with Gasteiger partial charge in [-0.3, -0.25) is 14.6 Å². The summed E-state index contributed by atoms with van der Waals surface area (Å²) in [4.78, 5) is 32.0. The fourth-order valence-electron chi connectivity index (χ4n) is 3.07. The minimum atomic E-state index is -0.113. The zero-order chi connectivity index (χ0) is 18.4. The molecular weight excluding hydrogens is 328 g/mol. The van der Waals surface area contributed by atoms with Gasteiger partial charge in [0.25, 0.3) is 5.91 Å². The number of anilines is 1. The van der Waals surface area contributed by atoms with Crippen LogP contribution in [0.1, 0.15) is 22.8 Å². The number of nitrogens with one attached hydrogen (secondary N) is 1. The van der Waals surface area contributed by atoms with Crippen molar-refractivity contribution in [2.45, 2.75) is 13.3 Å². The van der Waals surface area contributed by atoms with Crippen molar-refractivity contribution in [1.29, 1.82) is 0 Å². The second-order valence-corrected chi connectivity index (χ2v) is 6.42. The van der Waals surface area contributed by atoms with Crippen LogP contribution in [-0.4, -0.2) is 54.4 Å². The van der Waals surface area contributed by atoms with Gasteiger partial charge in [-0.05, 0) is 18.1 Å². The Labute approximate surface area is 153 Å². The van der Waals surface area contributed by atoms with E-state index in [1.54, 1.807) is 19.3 Å². The number of carbonyl (C=O) groups excluding carboxylic acids is 2. The fraction of sp³-hybridized carbons (Fsp3) is 0.350. The van der Waals surface area contributed by atoms with Crippen molar-refractivity contribution in [3.8, 4) is 0 Å². The Kier molecular flexibility index (Phi) is 5.84. The van der Waals surface area contributed by atoms with E-state index in [1.165, 1.54) is 5.56 Å². The van der Waals surface area contributed by atoms with Crippen molar-refractivity contribution in [3.63, 3.8) is 0 Å². The van der Waals surface area contributed by atoms with Gasteiger partial charge >= 0.3 is 0 Å². The predicted molar refractivity (Wildman–Crippen MR) is 101 cm³/mol. The largest absolute Gasteiger partial charge is 0.367 e. The van der Waals surface area contributed by atoms with Crippen molar-refractivity contribution >= 4 is 17.5 Å². The summed E-state index contributed by atoms with van der Waals surface area (Å²) in [7, 11) is 0. The summed E-state index contributed by atoms with van der Waals surface area (Å²) >= 11 is 0. The number of pyridine rings is 1. The van der Waals surface area contributed by atoms with Crippen molar-refractivity contribution in [3.05, 3.63) is 59.9 Å². The smallest absolute Gasteiger partial charge is 0.252 e. The SMILES string of the molecule is CC(=O)N1CCN(c2cncc(C(=O)NCCc3ccccc3)c2)CC1. The lowest BCUT2D eigenvalue weighted by Gasteiger charge is -2.35. The molecule has 0 aliphatic carbocycles. The molecule has 136 valence electrons. The summed E-state index contributed by atoms with van der Waals surface area (Å²) in [6.45, 7) is 5.08. The first-order valence-electron chi connectivity index (χ1n) is 8.91. The maximum atomic E-state index is 12.4. The van der Waals surface area contributed by atoms with E-state index in [-0.39, 0.29) is 11.8 Å². The number of hydrogen-bond acceptors (Lipinski definition) is 4. The molecule has 2 aromatic rings. The van der Waals surface area contributed by atoms with E-state index >= 15 is 0 Å². The number of amides is 2. The Morgan fingerprint density at radius 3 is 2.50 bits per heavy atom. The molecule has 0 atom stereocenters. The van der Waals surface area contributed by atoms with E-state index in [9.17, 15) is 9.59 Å². The molecule has 26 heavy (non-hydrogen) atoms. The van der Waals surface area contributed by atoms with Gasteiger partial charge < -0.3 is 15.1 Å². The van der Waals surface area contributed by atoms with Crippen LogP contribution in [0.25, 0.3) is 0 Å². The molecule has 6 heteroatoms. The molecule has 1 aromatic heterocycles. The second-order valence-electron chi connectivity index (χ2n) is 6.42. The lowest BCUT2D eigenvalue weighted by Crippen LogP contribution is -2.48. The first-order valence-corrected chi connectivity index (χ1v) is 8.91. The van der Waals surface area contributed by atoms with Crippen LogP contribution in [0.2, 0.25) is 0 Å². The molecule has 0 unspecified atom stereocenters. The lowest BCUT2D eigenvalue weighted by atomic mass is 10.1. The van der Waals surface area contributed by atoms with Crippen molar-refractivity contribution in [2.24, 2.45) is 0 Å². The summed E-state index contributed by atoms with van der Waals surface area (Å²) in [5.41, 5.74) is 2.68. The average Bonchev–Trinajstić information content (AvgIpc) is 2.69. The molecule has 1 aromatic carbocycles. The molecule has 1 aliphatic heterocycles. The zero-order valence-electron chi connectivity index (χ0n) is 15.0. The molecule has 1 N–H and O–H groups in total. The summed E-state index contributed by atoms with van der Waals surface area (Å²) in [5.74, 6) is -0.00743. The summed E-state index contributed by atoms with van der Waals surface area (Å²) in [6.07, 6.45) is 4.16. The van der Waals surface area contributed by atoms with E-state index in [2.05, 4.69) is 27.3 Å². The van der Waals surface area contributed by atoms with Gasteiger partial charge in [0, 0.05) is 45.8 Å². The van der Waals surface area contributed by atoms with Gasteiger partial charge in [0.2, 0.25) is 5.91 Å². The normalized spacial score (nSPS) is 14.2. The van der Waals surface area contributed by atoms with Crippen LogP contribution >= 0.6 is 0 Å². The van der Waals surface area contributed by atoms with Gasteiger partial charge in [0.05, 0.1) is 17.4 Å². The number of piperazine rings is 1. The third kappa shape index (κ3) is 4.59. The van der Waals surface area contributed by atoms with Gasteiger partial charge in [-0.1, -0.05) is 30.3 Å². The molecule has 2 heterocycles. The van der Waals surface area contributed by atoms with Gasteiger partial charge in [-0.15, -0.1) is 0 Å². The monoisotopic (exact) mass is 352 g/mol. The van der Waals surface area contributed by atoms with E-state index in [1.807, 2.05) is 29.2 Å². The van der Waals surface area contributed by atoms with Gasteiger partial charge in [0.15, 0.2) is 0 Å². The summed E-state index contributed by atoms with van der Waals surface area (Å²) < 4.78 is 0. The van der Waals surface area contributed by atoms with E-state index in [4.69, 9.17) is 0 Å². The molecule has 6 nitrogen and oxygen atoms in total. The number of aromatic nitrogens is 1. The van der Waals surface area contributed by atoms with E-state index in [0.717, 1.165) is 25.2 Å². The number of benzene rings is 1. The molecule has 3 rings (SSSR count). The maximum Gasteiger partial charge on any atom is 0.252 e. The maximum absolute atomic E-state index is 12.4. The van der Waals surface area contributed by atoms with E-state index in [0.29, 0.717) is 25.2 Å². The Bertz CT molecular complexity index is 755. The van der Waals surface area contributed by atoms with Crippen LogP contribution in [0.15, 0.2) is 48.8 Å². The molecule has 0 spiro atoms. The Morgan fingerprint density at radius 2 is 1.81 bits per heavy atom. The Morgan fingerprint density at radius 1 is 1.08 bits per heavy atom. The Balaban J connectivity index is 1.55. The molecule has 0 bridgehead atoms. The molecule has 0 radical (unpaired) electrons. The Hall–Kier alpha value is -2.89. The molecule has 2 amide bonds. The standard InChI is InChI=1S/C20H24N4O2/c1-16(25)23-9-11-24(12-10-23)19-13-18(14-21-15-19)20(26)22-8-7-17-5-3-2-4-6-17/h2-6,13-15H,7-12H2,1H3,(H,22,26). The minimum absolute atomic E-state index is 0.106. The molecule has 1 saturated heterocycles. The topological polar surface area (TPSA) is 65.5 Å². The highest BCUT2D eigenvalue weighted by Crippen LogP contribution is 2.17. The minimum Gasteiger partial charge on any atom is -0.367 e. The van der Waals surface area contributed by atoms with Crippen molar-refractivity contribution < 1.29 is 9.59 Å². The third-order valence-corrected chi connectivity index (χ3v) is 4.62. The molecule has 0 saturated carbocycles. The van der Waals surface area contributed by atoms with E-state index < -0.39 is 0 Å². The van der Waals surface area contributed by atoms with Crippen molar-refractivity contribution in [1.82, 2.24) is 15.2 Å². The fourth-order valence-corrected chi connectivity index (χ4v) is 3.07.